The van der Waals surface area contributed by atoms with Gasteiger partial charge in [0.25, 0.3) is 0 Å². The number of rotatable bonds is 5. The van der Waals surface area contributed by atoms with Gasteiger partial charge in [0.1, 0.15) is 31.9 Å². The molecule has 140 valence electrons. The Labute approximate surface area is 156 Å². The molecule has 1 fully saturated rings. The number of benzene rings is 1. The van der Waals surface area contributed by atoms with Crippen molar-refractivity contribution in [2.24, 2.45) is 0 Å². The van der Waals surface area contributed by atoms with Crippen LogP contribution in [0.2, 0.25) is 19.6 Å². The summed E-state index contributed by atoms with van der Waals surface area (Å²) in [6.07, 6.45) is -2.49. The molecule has 1 aromatic carbocycles. The molecule has 1 heterocycles. The Hall–Kier alpha value is -2.07. The molecule has 0 bridgehead atoms. The van der Waals surface area contributed by atoms with Crippen molar-refractivity contribution in [2.45, 2.75) is 57.0 Å². The Morgan fingerprint density at radius 2 is 1.96 bits per heavy atom. The Kier molecular flexibility index (Phi) is 5.97. The van der Waals surface area contributed by atoms with Crippen LogP contribution < -0.4 is 0 Å². The highest BCUT2D eigenvalue weighted by molar-refractivity contribution is 6.83. The van der Waals surface area contributed by atoms with Gasteiger partial charge < -0.3 is 14.9 Å². The number of carbonyl (C=O) groups is 1. The maximum Gasteiger partial charge on any atom is 0.411 e. The predicted molar refractivity (Wildman–Crippen MR) is 104 cm³/mol. The number of nitrogens with zero attached hydrogens (tertiary/aromatic N) is 1. The van der Waals surface area contributed by atoms with Crippen LogP contribution in [0.25, 0.3) is 0 Å². The summed E-state index contributed by atoms with van der Waals surface area (Å²) < 4.78 is 5.40. The number of cyclic esters (lactones) is 1. The summed E-state index contributed by atoms with van der Waals surface area (Å²) in [7, 11) is -1.76. The third-order valence-corrected chi connectivity index (χ3v) is 5.41. The van der Waals surface area contributed by atoms with Crippen molar-refractivity contribution in [3.05, 3.63) is 48.6 Å². The minimum atomic E-state index is -1.76. The smallest absolute Gasteiger partial charge is 0.411 e. The van der Waals surface area contributed by atoms with Gasteiger partial charge in [-0.25, -0.2) is 4.79 Å². The van der Waals surface area contributed by atoms with E-state index in [0.717, 1.165) is 5.56 Å². The summed E-state index contributed by atoms with van der Waals surface area (Å²) in [5, 5.41) is 21.7. The molecule has 1 saturated heterocycles. The van der Waals surface area contributed by atoms with Crippen LogP contribution >= 0.6 is 0 Å². The van der Waals surface area contributed by atoms with Crippen LogP contribution in [0, 0.1) is 11.5 Å². The average molecular weight is 374 g/mol. The van der Waals surface area contributed by atoms with Gasteiger partial charge >= 0.3 is 6.09 Å². The molecule has 6 heteroatoms. The number of hydrogen-bond acceptors (Lipinski definition) is 4. The van der Waals surface area contributed by atoms with Crippen molar-refractivity contribution in [3.63, 3.8) is 0 Å². The van der Waals surface area contributed by atoms with Crippen LogP contribution in [0.4, 0.5) is 4.79 Å². The van der Waals surface area contributed by atoms with E-state index < -0.39 is 38.0 Å². The normalized spacial score (nSPS) is 25.1. The molecule has 5 nitrogen and oxygen atoms in total. The minimum absolute atomic E-state index is 0.195. The van der Waals surface area contributed by atoms with Gasteiger partial charge in [-0.3, -0.25) is 4.90 Å². The molecule has 1 aromatic rings. The zero-order valence-electron chi connectivity index (χ0n) is 15.8. The maximum absolute atomic E-state index is 12.5. The number of amides is 1. The van der Waals surface area contributed by atoms with E-state index in [0.29, 0.717) is 0 Å². The average Bonchev–Trinajstić information content (AvgIpc) is 2.83. The van der Waals surface area contributed by atoms with Gasteiger partial charge in [-0.2, -0.15) is 0 Å². The van der Waals surface area contributed by atoms with E-state index in [9.17, 15) is 15.0 Å². The van der Waals surface area contributed by atoms with E-state index in [4.69, 9.17) is 4.74 Å². The maximum atomic E-state index is 12.5. The molecule has 4 atom stereocenters. The van der Waals surface area contributed by atoms with Crippen molar-refractivity contribution in [2.75, 3.05) is 0 Å². The number of aliphatic hydroxyl groups is 2. The molecule has 0 aliphatic carbocycles. The predicted octanol–water partition coefficient (Wildman–Crippen LogP) is 2.55. The van der Waals surface area contributed by atoms with E-state index in [2.05, 4.69) is 37.7 Å². The van der Waals surface area contributed by atoms with Crippen LogP contribution in [0.3, 0.4) is 0 Å². The van der Waals surface area contributed by atoms with Gasteiger partial charge in [-0.1, -0.05) is 62.0 Å². The van der Waals surface area contributed by atoms with E-state index >= 15 is 0 Å². The standard InChI is InChI=1S/C20H27NO4Si/c1-6-17(22)20(18(23)12-13-26(3,4)5)15(2)25-19(24)21(20)14-16-10-8-7-9-11-16/h6-11,15,17-18,22-23H,1,14H2,2-5H3/t15-,17+,18+,20-/m0/s1. The Morgan fingerprint density at radius 1 is 1.35 bits per heavy atom. The zero-order chi connectivity index (χ0) is 19.5. The first kappa shape index (κ1) is 20.2. The van der Waals surface area contributed by atoms with Crippen LogP contribution in [-0.4, -0.2) is 53.1 Å². The van der Waals surface area contributed by atoms with E-state index in [1.54, 1.807) is 6.92 Å². The molecule has 1 aliphatic rings. The zero-order valence-corrected chi connectivity index (χ0v) is 16.8. The van der Waals surface area contributed by atoms with Crippen LogP contribution in [0.1, 0.15) is 12.5 Å². The lowest BCUT2D eigenvalue weighted by molar-refractivity contribution is -0.0597. The van der Waals surface area contributed by atoms with Crippen molar-refractivity contribution >= 4 is 14.2 Å². The highest BCUT2D eigenvalue weighted by Crippen LogP contribution is 2.38. The van der Waals surface area contributed by atoms with E-state index in [1.807, 2.05) is 30.3 Å². The molecule has 0 saturated carbocycles. The van der Waals surface area contributed by atoms with Gasteiger partial charge in [0.05, 0.1) is 6.54 Å². The molecule has 1 amide bonds. The second-order valence-corrected chi connectivity index (χ2v) is 12.3. The van der Waals surface area contributed by atoms with Crippen LogP contribution in [0.5, 0.6) is 0 Å². The largest absolute Gasteiger partial charge is 0.444 e. The summed E-state index contributed by atoms with van der Waals surface area (Å²) in [6, 6.07) is 9.37. The minimum Gasteiger partial charge on any atom is -0.444 e. The molecule has 0 aromatic heterocycles. The van der Waals surface area contributed by atoms with Crippen LogP contribution in [0.15, 0.2) is 43.0 Å². The van der Waals surface area contributed by atoms with E-state index in [1.165, 1.54) is 11.0 Å². The topological polar surface area (TPSA) is 70.0 Å². The lowest BCUT2D eigenvalue weighted by atomic mass is 9.80. The SMILES string of the molecule is C=C[C@@H](O)[C@]1([C@H](O)C#C[Si](C)(C)C)[C@H](C)OC(=O)N1Cc1ccccc1. The third kappa shape index (κ3) is 3.85. The molecular formula is C20H27NO4Si. The highest BCUT2D eigenvalue weighted by Gasteiger charge is 2.60. The van der Waals surface area contributed by atoms with Gasteiger partial charge in [-0.15, -0.1) is 12.1 Å². The second kappa shape index (κ2) is 7.66. The molecule has 1 aliphatic heterocycles. The fourth-order valence-corrected chi connectivity index (χ4v) is 3.75. The summed E-state index contributed by atoms with van der Waals surface area (Å²) in [6.45, 7) is 11.7. The number of hydrogen-bond donors (Lipinski definition) is 2. The van der Waals surface area contributed by atoms with Gasteiger partial charge in [0.2, 0.25) is 0 Å². The fraction of sp³-hybridized carbons (Fsp3) is 0.450. The first-order valence-corrected chi connectivity index (χ1v) is 12.2. The lowest BCUT2D eigenvalue weighted by Gasteiger charge is -2.42. The Bertz CT molecular complexity index is 719. The molecule has 0 unspecified atom stereocenters. The molecular weight excluding hydrogens is 346 g/mol. The molecule has 0 spiro atoms. The Morgan fingerprint density at radius 3 is 2.50 bits per heavy atom. The summed E-state index contributed by atoms with van der Waals surface area (Å²) in [5.41, 5.74) is 2.57. The third-order valence-electron chi connectivity index (χ3n) is 4.52. The molecule has 2 rings (SSSR count). The van der Waals surface area contributed by atoms with Crippen LogP contribution in [-0.2, 0) is 11.3 Å². The van der Waals surface area contributed by atoms with Crippen molar-refractivity contribution in [3.8, 4) is 11.5 Å². The monoisotopic (exact) mass is 373 g/mol. The number of ether oxygens (including phenoxy) is 1. The van der Waals surface area contributed by atoms with Gasteiger partial charge in [-0.05, 0) is 12.5 Å². The molecule has 0 radical (unpaired) electrons. The van der Waals surface area contributed by atoms with Crippen molar-refractivity contribution in [1.82, 2.24) is 4.90 Å². The Balaban J connectivity index is 2.52. The fourth-order valence-electron chi connectivity index (χ4n) is 3.18. The lowest BCUT2D eigenvalue weighted by Crippen LogP contribution is -2.64. The van der Waals surface area contributed by atoms with Gasteiger partial charge in [0, 0.05) is 0 Å². The summed E-state index contributed by atoms with van der Waals surface area (Å²) in [5.74, 6) is 2.87. The first-order valence-electron chi connectivity index (χ1n) is 8.66. The number of aliphatic hydroxyl groups excluding tert-OH is 2. The van der Waals surface area contributed by atoms with E-state index in [-0.39, 0.29) is 6.54 Å². The first-order chi connectivity index (χ1) is 12.1. The summed E-state index contributed by atoms with van der Waals surface area (Å²) in [4.78, 5) is 13.9. The van der Waals surface area contributed by atoms with Crippen molar-refractivity contribution < 1.29 is 19.7 Å². The quantitative estimate of drug-likeness (QED) is 0.473. The van der Waals surface area contributed by atoms with Crippen molar-refractivity contribution in [1.29, 1.82) is 0 Å². The number of carbonyl (C=O) groups excluding carboxylic acids is 1. The second-order valence-electron chi connectivity index (χ2n) is 7.59. The highest BCUT2D eigenvalue weighted by atomic mass is 28.3. The summed E-state index contributed by atoms with van der Waals surface area (Å²) >= 11 is 0. The molecule has 2 N–H and O–H groups in total. The van der Waals surface area contributed by atoms with Gasteiger partial charge in [0.15, 0.2) is 0 Å². The molecule has 26 heavy (non-hydrogen) atoms.